The number of piperazine rings is 1. The minimum atomic E-state index is -0.0278. The number of amides is 2. The molecule has 2 amide bonds. The maximum Gasteiger partial charge on any atom is 0.254 e. The molecule has 1 aromatic carbocycles. The first-order valence-electron chi connectivity index (χ1n) is 10.8. The van der Waals surface area contributed by atoms with Gasteiger partial charge in [0.05, 0.1) is 7.11 Å². The molecule has 0 saturated carbocycles. The number of hydrogen-bond donors (Lipinski definition) is 1. The lowest BCUT2D eigenvalue weighted by molar-refractivity contribution is -0.132. The standard InChI is InChI=1S/C22H34N4O3/c1-3-24-12-5-7-19(24)17-26(13-9-21(27)25-14-10-23-11-15-25)22(28)18-6-4-8-20(16-18)29-2/h4,6,8,16,19,23H,3,5,7,9-15,17H2,1-2H3/t19-/m1/s1. The molecule has 0 aliphatic carbocycles. The molecule has 2 saturated heterocycles. The van der Waals surface area contributed by atoms with Crippen LogP contribution >= 0.6 is 0 Å². The molecule has 1 N–H and O–H groups in total. The number of methoxy groups -OCH3 is 1. The van der Waals surface area contributed by atoms with E-state index in [1.165, 1.54) is 6.42 Å². The minimum Gasteiger partial charge on any atom is -0.497 e. The number of nitrogens with zero attached hydrogens (tertiary/aromatic N) is 3. The second-order valence-electron chi connectivity index (χ2n) is 7.79. The van der Waals surface area contributed by atoms with Gasteiger partial charge in [0.1, 0.15) is 5.75 Å². The first kappa shape index (κ1) is 21.6. The number of likely N-dealkylation sites (tertiary alicyclic amines) is 1. The van der Waals surface area contributed by atoms with E-state index in [-0.39, 0.29) is 11.8 Å². The summed E-state index contributed by atoms with van der Waals surface area (Å²) < 4.78 is 5.28. The number of ether oxygens (including phenoxy) is 1. The van der Waals surface area contributed by atoms with E-state index in [2.05, 4.69) is 17.1 Å². The van der Waals surface area contributed by atoms with Crippen molar-refractivity contribution < 1.29 is 14.3 Å². The van der Waals surface area contributed by atoms with Crippen LogP contribution in [0.15, 0.2) is 24.3 Å². The van der Waals surface area contributed by atoms with Crippen LogP contribution in [-0.4, -0.2) is 92.0 Å². The van der Waals surface area contributed by atoms with Crippen molar-refractivity contribution >= 4 is 11.8 Å². The van der Waals surface area contributed by atoms with Crippen molar-refractivity contribution in [1.82, 2.24) is 20.0 Å². The number of benzene rings is 1. The van der Waals surface area contributed by atoms with E-state index >= 15 is 0 Å². The average molecular weight is 403 g/mol. The number of hydrogen-bond acceptors (Lipinski definition) is 5. The molecule has 0 aromatic heterocycles. The van der Waals surface area contributed by atoms with Gasteiger partial charge in [-0.3, -0.25) is 14.5 Å². The molecule has 7 heteroatoms. The second-order valence-corrected chi connectivity index (χ2v) is 7.79. The fraction of sp³-hybridized carbons (Fsp3) is 0.636. The summed E-state index contributed by atoms with van der Waals surface area (Å²) in [4.78, 5) is 32.2. The number of carbonyl (C=O) groups excluding carboxylic acids is 2. The lowest BCUT2D eigenvalue weighted by Gasteiger charge is -2.32. The van der Waals surface area contributed by atoms with Gasteiger partial charge in [0, 0.05) is 57.3 Å². The summed E-state index contributed by atoms with van der Waals surface area (Å²) >= 11 is 0. The third-order valence-electron chi connectivity index (χ3n) is 6.01. The normalized spacial score (nSPS) is 19.9. The monoisotopic (exact) mass is 402 g/mol. The Morgan fingerprint density at radius 2 is 2.03 bits per heavy atom. The van der Waals surface area contributed by atoms with E-state index in [1.807, 2.05) is 28.0 Å². The lowest BCUT2D eigenvalue weighted by atomic mass is 10.1. The molecule has 0 spiro atoms. The first-order chi connectivity index (χ1) is 14.1. The Morgan fingerprint density at radius 3 is 2.76 bits per heavy atom. The van der Waals surface area contributed by atoms with Crippen molar-refractivity contribution in [3.05, 3.63) is 29.8 Å². The molecular formula is C22H34N4O3. The van der Waals surface area contributed by atoms with Gasteiger partial charge in [-0.25, -0.2) is 0 Å². The maximum atomic E-state index is 13.3. The summed E-state index contributed by atoms with van der Waals surface area (Å²) in [5.74, 6) is 0.775. The molecule has 2 heterocycles. The molecule has 7 nitrogen and oxygen atoms in total. The van der Waals surface area contributed by atoms with Crippen molar-refractivity contribution in [3.8, 4) is 5.75 Å². The van der Waals surface area contributed by atoms with Crippen molar-refractivity contribution in [2.75, 3.05) is 59.5 Å². The van der Waals surface area contributed by atoms with E-state index in [9.17, 15) is 9.59 Å². The predicted octanol–water partition coefficient (Wildman–Crippen LogP) is 1.44. The molecule has 2 aliphatic rings. The highest BCUT2D eigenvalue weighted by atomic mass is 16.5. The molecule has 0 bridgehead atoms. The Hall–Kier alpha value is -2.12. The third-order valence-corrected chi connectivity index (χ3v) is 6.01. The smallest absolute Gasteiger partial charge is 0.254 e. The molecule has 3 rings (SSSR count). The summed E-state index contributed by atoms with van der Waals surface area (Å²) in [6, 6.07) is 7.64. The largest absolute Gasteiger partial charge is 0.497 e. The lowest BCUT2D eigenvalue weighted by Crippen LogP contribution is -2.48. The minimum absolute atomic E-state index is 0.0278. The number of carbonyl (C=O) groups is 2. The summed E-state index contributed by atoms with van der Waals surface area (Å²) in [5, 5.41) is 3.27. The van der Waals surface area contributed by atoms with Gasteiger partial charge in [-0.15, -0.1) is 0 Å². The van der Waals surface area contributed by atoms with E-state index in [4.69, 9.17) is 4.74 Å². The Bertz CT molecular complexity index is 690. The number of likely N-dealkylation sites (N-methyl/N-ethyl adjacent to an activating group) is 1. The van der Waals surface area contributed by atoms with Gasteiger partial charge in [0.15, 0.2) is 0 Å². The molecule has 2 fully saturated rings. The fourth-order valence-electron chi connectivity index (χ4n) is 4.29. The summed E-state index contributed by atoms with van der Waals surface area (Å²) in [6.07, 6.45) is 2.63. The summed E-state index contributed by atoms with van der Waals surface area (Å²) in [6.45, 7) is 8.53. The van der Waals surface area contributed by atoms with Gasteiger partial charge < -0.3 is 19.9 Å². The van der Waals surface area contributed by atoms with Gasteiger partial charge in [-0.2, -0.15) is 0 Å². The van der Waals surface area contributed by atoms with Gasteiger partial charge in [0.25, 0.3) is 5.91 Å². The summed E-state index contributed by atoms with van der Waals surface area (Å²) in [5.41, 5.74) is 0.611. The highest BCUT2D eigenvalue weighted by Gasteiger charge is 2.28. The van der Waals surface area contributed by atoms with Gasteiger partial charge >= 0.3 is 0 Å². The quantitative estimate of drug-likeness (QED) is 0.713. The second kappa shape index (κ2) is 10.6. The predicted molar refractivity (Wildman–Crippen MR) is 113 cm³/mol. The molecule has 0 unspecified atom stereocenters. The van der Waals surface area contributed by atoms with Crippen LogP contribution in [0, 0.1) is 0 Å². The Labute approximate surface area is 174 Å². The molecular weight excluding hydrogens is 368 g/mol. The Morgan fingerprint density at radius 1 is 1.24 bits per heavy atom. The van der Waals surface area contributed by atoms with Gasteiger partial charge in [-0.1, -0.05) is 13.0 Å². The molecule has 0 radical (unpaired) electrons. The zero-order valence-corrected chi connectivity index (χ0v) is 17.7. The highest BCUT2D eigenvalue weighted by Crippen LogP contribution is 2.20. The summed E-state index contributed by atoms with van der Waals surface area (Å²) in [7, 11) is 1.60. The topological polar surface area (TPSA) is 65.1 Å². The van der Waals surface area contributed by atoms with Crippen molar-refractivity contribution in [2.24, 2.45) is 0 Å². The zero-order valence-electron chi connectivity index (χ0n) is 17.7. The average Bonchev–Trinajstić information content (AvgIpc) is 3.23. The van der Waals surface area contributed by atoms with Crippen molar-refractivity contribution in [3.63, 3.8) is 0 Å². The van der Waals surface area contributed by atoms with E-state index in [0.717, 1.165) is 45.7 Å². The highest BCUT2D eigenvalue weighted by molar-refractivity contribution is 5.95. The van der Waals surface area contributed by atoms with Crippen LogP contribution in [0.5, 0.6) is 5.75 Å². The zero-order chi connectivity index (χ0) is 20.6. The third kappa shape index (κ3) is 5.70. The van der Waals surface area contributed by atoms with Gasteiger partial charge in [0.2, 0.25) is 5.91 Å². The van der Waals surface area contributed by atoms with E-state index < -0.39 is 0 Å². The molecule has 2 aliphatic heterocycles. The van der Waals surface area contributed by atoms with E-state index in [1.54, 1.807) is 13.2 Å². The number of nitrogens with one attached hydrogen (secondary N) is 1. The molecule has 29 heavy (non-hydrogen) atoms. The van der Waals surface area contributed by atoms with Gasteiger partial charge in [-0.05, 0) is 44.1 Å². The fourth-order valence-corrected chi connectivity index (χ4v) is 4.29. The Kier molecular flexibility index (Phi) is 7.89. The maximum absolute atomic E-state index is 13.3. The van der Waals surface area contributed by atoms with Crippen LogP contribution < -0.4 is 10.1 Å². The molecule has 1 aromatic rings. The van der Waals surface area contributed by atoms with Crippen molar-refractivity contribution in [2.45, 2.75) is 32.2 Å². The van der Waals surface area contributed by atoms with Crippen molar-refractivity contribution in [1.29, 1.82) is 0 Å². The Balaban J connectivity index is 1.69. The van der Waals surface area contributed by atoms with Crippen LogP contribution in [0.3, 0.4) is 0 Å². The van der Waals surface area contributed by atoms with Crippen LogP contribution in [0.2, 0.25) is 0 Å². The van der Waals surface area contributed by atoms with Crippen LogP contribution in [0.4, 0.5) is 0 Å². The van der Waals surface area contributed by atoms with Crippen LogP contribution in [-0.2, 0) is 4.79 Å². The molecule has 1 atom stereocenters. The first-order valence-corrected chi connectivity index (χ1v) is 10.8. The SMILES string of the molecule is CCN1CCC[C@@H]1CN(CCC(=O)N1CCNCC1)C(=O)c1cccc(OC)c1. The van der Waals surface area contributed by atoms with Crippen LogP contribution in [0.1, 0.15) is 36.5 Å². The van der Waals surface area contributed by atoms with E-state index in [0.29, 0.717) is 36.9 Å². The number of rotatable bonds is 8. The van der Waals surface area contributed by atoms with Crippen LogP contribution in [0.25, 0.3) is 0 Å². The molecule has 160 valence electrons.